The van der Waals surface area contributed by atoms with Crippen LogP contribution in [0.4, 0.5) is 10.5 Å². The third kappa shape index (κ3) is 2.50. The molecule has 1 aromatic carbocycles. The number of urea groups is 1. The van der Waals surface area contributed by atoms with Gasteiger partial charge in [0.15, 0.2) is 0 Å². The summed E-state index contributed by atoms with van der Waals surface area (Å²) < 4.78 is 0. The lowest BCUT2D eigenvalue weighted by molar-refractivity contribution is 0.259. The number of anilines is 1. The molecular formula is C8H8Cl2N2O. The number of nitrogens with one attached hydrogen (secondary N) is 1. The Kier molecular flexibility index (Phi) is 3.01. The topological polar surface area (TPSA) is 55.1 Å². The van der Waals surface area contributed by atoms with Crippen LogP contribution in [0.2, 0.25) is 10.0 Å². The van der Waals surface area contributed by atoms with Crippen LogP contribution in [-0.2, 0) is 0 Å². The van der Waals surface area contributed by atoms with Crippen LogP contribution in [-0.4, -0.2) is 6.03 Å². The van der Waals surface area contributed by atoms with Crippen LogP contribution in [0.3, 0.4) is 0 Å². The van der Waals surface area contributed by atoms with Gasteiger partial charge in [0.2, 0.25) is 0 Å². The zero-order valence-electron chi connectivity index (χ0n) is 6.90. The average molecular weight is 219 g/mol. The Bertz CT molecular complexity index is 329. The van der Waals surface area contributed by atoms with Crippen LogP contribution < -0.4 is 11.1 Å². The molecular weight excluding hydrogens is 211 g/mol. The third-order valence-electron chi connectivity index (χ3n) is 1.55. The van der Waals surface area contributed by atoms with Crippen LogP contribution in [0.25, 0.3) is 0 Å². The number of nitrogens with two attached hydrogens (primary N) is 1. The van der Waals surface area contributed by atoms with Gasteiger partial charge >= 0.3 is 6.03 Å². The van der Waals surface area contributed by atoms with Gasteiger partial charge in [0.25, 0.3) is 0 Å². The minimum Gasteiger partial charge on any atom is -0.351 e. The van der Waals surface area contributed by atoms with Crippen molar-refractivity contribution in [1.29, 1.82) is 0 Å². The Morgan fingerprint density at radius 3 is 2.23 bits per heavy atom. The summed E-state index contributed by atoms with van der Waals surface area (Å²) in [5, 5.41) is 3.38. The highest BCUT2D eigenvalue weighted by atomic mass is 35.5. The molecule has 0 aliphatic rings. The van der Waals surface area contributed by atoms with Crippen molar-refractivity contribution in [2.75, 3.05) is 5.32 Å². The number of benzene rings is 1. The highest BCUT2D eigenvalue weighted by molar-refractivity contribution is 6.36. The number of amides is 2. The van der Waals surface area contributed by atoms with Crippen molar-refractivity contribution in [3.8, 4) is 0 Å². The smallest absolute Gasteiger partial charge is 0.316 e. The predicted molar refractivity (Wildman–Crippen MR) is 54.4 cm³/mol. The quantitative estimate of drug-likeness (QED) is 0.749. The Labute approximate surface area is 85.8 Å². The fraction of sp³-hybridized carbons (Fsp3) is 0.125. The number of primary amides is 1. The normalized spacial score (nSPS) is 9.77. The van der Waals surface area contributed by atoms with Gasteiger partial charge in [0.1, 0.15) is 0 Å². The number of rotatable bonds is 1. The summed E-state index contributed by atoms with van der Waals surface area (Å²) in [5.41, 5.74) is 6.20. The maximum Gasteiger partial charge on any atom is 0.316 e. The average Bonchev–Trinajstić information content (AvgIpc) is 1.98. The van der Waals surface area contributed by atoms with E-state index in [9.17, 15) is 4.79 Å². The van der Waals surface area contributed by atoms with Gasteiger partial charge in [-0.15, -0.1) is 0 Å². The summed E-state index contributed by atoms with van der Waals surface area (Å²) >= 11 is 11.7. The molecule has 70 valence electrons. The second-order valence-corrected chi connectivity index (χ2v) is 3.37. The van der Waals surface area contributed by atoms with Crippen molar-refractivity contribution in [1.82, 2.24) is 0 Å². The molecule has 0 aliphatic heterocycles. The van der Waals surface area contributed by atoms with Gasteiger partial charge in [-0.3, -0.25) is 0 Å². The van der Waals surface area contributed by atoms with E-state index in [0.717, 1.165) is 5.56 Å². The molecule has 3 nitrogen and oxygen atoms in total. The van der Waals surface area contributed by atoms with Crippen molar-refractivity contribution in [2.24, 2.45) is 5.73 Å². The lowest BCUT2D eigenvalue weighted by atomic mass is 10.2. The van der Waals surface area contributed by atoms with Gasteiger partial charge in [0, 0.05) is 15.7 Å². The van der Waals surface area contributed by atoms with E-state index >= 15 is 0 Å². The number of carbonyl (C=O) groups is 1. The second-order valence-electron chi connectivity index (χ2n) is 2.55. The molecule has 0 aromatic heterocycles. The van der Waals surface area contributed by atoms with Crippen molar-refractivity contribution in [2.45, 2.75) is 6.92 Å². The molecule has 2 amide bonds. The molecule has 5 heteroatoms. The summed E-state index contributed by atoms with van der Waals surface area (Å²) in [5.74, 6) is 0. The van der Waals surface area contributed by atoms with Crippen molar-refractivity contribution >= 4 is 34.9 Å². The first kappa shape index (κ1) is 10.2. The van der Waals surface area contributed by atoms with Gasteiger partial charge < -0.3 is 11.1 Å². The molecule has 0 spiro atoms. The summed E-state index contributed by atoms with van der Waals surface area (Å²) in [7, 11) is 0. The van der Waals surface area contributed by atoms with E-state index in [2.05, 4.69) is 5.32 Å². The molecule has 0 unspecified atom stereocenters. The number of carbonyl (C=O) groups excluding carboxylic acids is 1. The predicted octanol–water partition coefficient (Wildman–Crippen LogP) is 2.79. The largest absolute Gasteiger partial charge is 0.351 e. The third-order valence-corrected chi connectivity index (χ3v) is 2.33. The molecule has 0 saturated carbocycles. The van der Waals surface area contributed by atoms with Gasteiger partial charge in [-0.2, -0.15) is 0 Å². The maximum atomic E-state index is 10.5. The molecule has 0 atom stereocenters. The van der Waals surface area contributed by atoms with Crippen LogP contribution >= 0.6 is 23.2 Å². The Morgan fingerprint density at radius 1 is 1.38 bits per heavy atom. The molecule has 0 bridgehead atoms. The molecule has 3 N–H and O–H groups in total. The molecule has 1 aromatic rings. The molecule has 0 radical (unpaired) electrons. The standard InChI is InChI=1S/C8H8Cl2N2O/c1-4-6(9)2-5(3-7(4)10)12-8(11)13/h2-3H,1H3,(H3,11,12,13). The Hall–Kier alpha value is -0.930. The first-order chi connectivity index (χ1) is 6.00. The van der Waals surface area contributed by atoms with Gasteiger partial charge in [-0.25, -0.2) is 4.79 Å². The summed E-state index contributed by atoms with van der Waals surface area (Å²) in [6.45, 7) is 1.79. The fourth-order valence-corrected chi connectivity index (χ4v) is 1.35. The van der Waals surface area contributed by atoms with E-state index in [4.69, 9.17) is 28.9 Å². The molecule has 13 heavy (non-hydrogen) atoms. The van der Waals surface area contributed by atoms with Gasteiger partial charge in [-0.1, -0.05) is 23.2 Å². The fourth-order valence-electron chi connectivity index (χ4n) is 0.860. The van der Waals surface area contributed by atoms with E-state index in [1.165, 1.54) is 0 Å². The lowest BCUT2D eigenvalue weighted by Gasteiger charge is -2.05. The zero-order chi connectivity index (χ0) is 10.0. The lowest BCUT2D eigenvalue weighted by Crippen LogP contribution is -2.19. The second kappa shape index (κ2) is 3.85. The van der Waals surface area contributed by atoms with Gasteiger partial charge in [-0.05, 0) is 24.6 Å². The van der Waals surface area contributed by atoms with Gasteiger partial charge in [0.05, 0.1) is 0 Å². The maximum absolute atomic E-state index is 10.5. The van der Waals surface area contributed by atoms with Crippen molar-refractivity contribution < 1.29 is 4.79 Å². The van der Waals surface area contributed by atoms with E-state index < -0.39 is 6.03 Å². The summed E-state index contributed by atoms with van der Waals surface area (Å²) in [6.07, 6.45) is 0. The minimum atomic E-state index is -0.643. The number of hydrogen-bond donors (Lipinski definition) is 2. The SMILES string of the molecule is Cc1c(Cl)cc(NC(N)=O)cc1Cl. The summed E-state index contributed by atoms with van der Waals surface area (Å²) in [6, 6.07) is 2.54. The van der Waals surface area contributed by atoms with E-state index in [-0.39, 0.29) is 0 Å². The Morgan fingerprint density at radius 2 is 1.85 bits per heavy atom. The molecule has 1 rings (SSSR count). The monoisotopic (exact) mass is 218 g/mol. The van der Waals surface area contributed by atoms with Crippen LogP contribution in [0.15, 0.2) is 12.1 Å². The van der Waals surface area contributed by atoms with E-state index in [0.29, 0.717) is 15.7 Å². The number of hydrogen-bond acceptors (Lipinski definition) is 1. The Balaban J connectivity index is 3.06. The van der Waals surface area contributed by atoms with Crippen LogP contribution in [0.1, 0.15) is 5.56 Å². The van der Waals surface area contributed by atoms with Crippen LogP contribution in [0, 0.1) is 6.92 Å². The molecule has 0 fully saturated rings. The highest BCUT2D eigenvalue weighted by Gasteiger charge is 2.04. The minimum absolute atomic E-state index is 0.494. The first-order valence-corrected chi connectivity index (χ1v) is 4.28. The van der Waals surface area contributed by atoms with E-state index in [1.807, 2.05) is 0 Å². The molecule has 0 heterocycles. The number of halogens is 2. The highest BCUT2D eigenvalue weighted by Crippen LogP contribution is 2.27. The van der Waals surface area contributed by atoms with Crippen molar-refractivity contribution in [3.63, 3.8) is 0 Å². The zero-order valence-corrected chi connectivity index (χ0v) is 8.41. The van der Waals surface area contributed by atoms with E-state index in [1.54, 1.807) is 19.1 Å². The van der Waals surface area contributed by atoms with Crippen molar-refractivity contribution in [3.05, 3.63) is 27.7 Å². The first-order valence-electron chi connectivity index (χ1n) is 3.53. The summed E-state index contributed by atoms with van der Waals surface area (Å²) in [4.78, 5) is 10.5. The molecule has 0 aliphatic carbocycles. The van der Waals surface area contributed by atoms with Crippen LogP contribution in [0.5, 0.6) is 0 Å². The molecule has 0 saturated heterocycles.